The molecule has 0 saturated heterocycles. The fourth-order valence-corrected chi connectivity index (χ4v) is 2.98. The van der Waals surface area contributed by atoms with Crippen LogP contribution in [0.2, 0.25) is 5.02 Å². The predicted octanol–water partition coefficient (Wildman–Crippen LogP) is 4.85. The van der Waals surface area contributed by atoms with E-state index < -0.39 is 0 Å². The first-order chi connectivity index (χ1) is 10.1. The van der Waals surface area contributed by atoms with Crippen LogP contribution in [0.15, 0.2) is 53.1 Å². The van der Waals surface area contributed by atoms with Gasteiger partial charge in [-0.3, -0.25) is 0 Å². The quantitative estimate of drug-likeness (QED) is 0.708. The molecule has 0 unspecified atom stereocenters. The Bertz CT molecular complexity index is 811. The molecule has 0 aliphatic heterocycles. The van der Waals surface area contributed by atoms with Crippen LogP contribution in [0.4, 0.5) is 5.69 Å². The lowest BCUT2D eigenvalue weighted by molar-refractivity contribution is 0.876. The second kappa shape index (κ2) is 5.54. The van der Waals surface area contributed by atoms with Gasteiger partial charge in [-0.15, -0.1) is 0 Å². The first-order valence-corrected chi connectivity index (χ1v) is 7.60. The average Bonchev–Trinajstić information content (AvgIpc) is 2.81. The lowest BCUT2D eigenvalue weighted by Gasteiger charge is -2.05. The van der Waals surface area contributed by atoms with E-state index in [1.54, 1.807) is 4.68 Å². The van der Waals surface area contributed by atoms with Gasteiger partial charge in [0, 0.05) is 10.0 Å². The maximum Gasteiger partial charge on any atom is 0.117 e. The van der Waals surface area contributed by atoms with Gasteiger partial charge in [0.1, 0.15) is 5.69 Å². The summed E-state index contributed by atoms with van der Waals surface area (Å²) in [7, 11) is 0. The number of halogens is 2. The maximum absolute atomic E-state index is 6.29. The third kappa shape index (κ3) is 2.69. The van der Waals surface area contributed by atoms with Crippen molar-refractivity contribution in [2.24, 2.45) is 0 Å². The Balaban J connectivity index is 2.12. The molecular formula is C16H13BrClN3. The van der Waals surface area contributed by atoms with Gasteiger partial charge in [-0.1, -0.05) is 51.8 Å². The molecule has 0 saturated carbocycles. The van der Waals surface area contributed by atoms with Crippen LogP contribution in [-0.4, -0.2) is 9.78 Å². The van der Waals surface area contributed by atoms with E-state index in [4.69, 9.17) is 17.3 Å². The molecule has 0 fully saturated rings. The zero-order valence-corrected chi connectivity index (χ0v) is 13.7. The van der Waals surface area contributed by atoms with Crippen LogP contribution in [-0.2, 0) is 0 Å². The first-order valence-electron chi connectivity index (χ1n) is 6.43. The molecule has 0 spiro atoms. The van der Waals surface area contributed by atoms with E-state index in [0.29, 0.717) is 16.4 Å². The zero-order valence-electron chi connectivity index (χ0n) is 11.3. The summed E-state index contributed by atoms with van der Waals surface area (Å²) in [5.41, 5.74) is 10.4. The van der Waals surface area contributed by atoms with E-state index in [-0.39, 0.29) is 0 Å². The number of anilines is 1. The number of para-hydroxylation sites is 1. The molecule has 0 aliphatic rings. The summed E-state index contributed by atoms with van der Waals surface area (Å²) in [4.78, 5) is 0. The smallest absolute Gasteiger partial charge is 0.117 e. The minimum Gasteiger partial charge on any atom is -0.396 e. The number of nitrogen functional groups attached to an aromatic ring is 1. The highest BCUT2D eigenvalue weighted by Crippen LogP contribution is 2.33. The van der Waals surface area contributed by atoms with Gasteiger partial charge in [-0.25, -0.2) is 4.68 Å². The summed E-state index contributed by atoms with van der Waals surface area (Å²) in [6, 6.07) is 13.7. The van der Waals surface area contributed by atoms with E-state index >= 15 is 0 Å². The summed E-state index contributed by atoms with van der Waals surface area (Å²) < 4.78 is 2.71. The predicted molar refractivity (Wildman–Crippen MR) is 90.9 cm³/mol. The van der Waals surface area contributed by atoms with E-state index in [9.17, 15) is 0 Å². The van der Waals surface area contributed by atoms with Gasteiger partial charge in [0.05, 0.1) is 22.6 Å². The number of nitrogens with two attached hydrogens (primary N) is 1. The summed E-state index contributed by atoms with van der Waals surface area (Å²) in [6.07, 6.45) is 1.82. The fraction of sp³-hybridized carbons (Fsp3) is 0.0625. The summed E-state index contributed by atoms with van der Waals surface area (Å²) in [5.74, 6) is 0. The molecule has 21 heavy (non-hydrogen) atoms. The highest BCUT2D eigenvalue weighted by atomic mass is 79.9. The van der Waals surface area contributed by atoms with Gasteiger partial charge in [0.25, 0.3) is 0 Å². The Labute approximate surface area is 136 Å². The molecular weight excluding hydrogens is 350 g/mol. The minimum absolute atomic E-state index is 0.600. The summed E-state index contributed by atoms with van der Waals surface area (Å²) in [6.45, 7) is 2.04. The summed E-state index contributed by atoms with van der Waals surface area (Å²) >= 11 is 9.69. The van der Waals surface area contributed by atoms with Gasteiger partial charge in [0.15, 0.2) is 0 Å². The van der Waals surface area contributed by atoms with Gasteiger partial charge < -0.3 is 5.73 Å². The monoisotopic (exact) mass is 361 g/mol. The molecule has 2 aromatic carbocycles. The lowest BCUT2D eigenvalue weighted by atomic mass is 10.1. The molecule has 3 nitrogen and oxygen atoms in total. The third-order valence-electron chi connectivity index (χ3n) is 3.29. The van der Waals surface area contributed by atoms with E-state index in [1.165, 1.54) is 0 Å². The SMILES string of the molecule is Cc1ccccc1-n1cc(N)c(-c2ccc(Br)cc2Cl)n1. The van der Waals surface area contributed by atoms with Crippen LogP contribution >= 0.6 is 27.5 Å². The zero-order chi connectivity index (χ0) is 15.0. The van der Waals surface area contributed by atoms with Crippen molar-refractivity contribution in [2.75, 3.05) is 5.73 Å². The maximum atomic E-state index is 6.29. The van der Waals surface area contributed by atoms with E-state index in [1.807, 2.05) is 55.6 Å². The highest BCUT2D eigenvalue weighted by molar-refractivity contribution is 9.10. The van der Waals surface area contributed by atoms with Crippen molar-refractivity contribution >= 4 is 33.2 Å². The molecule has 1 aromatic heterocycles. The molecule has 0 amide bonds. The minimum atomic E-state index is 0.600. The molecule has 3 rings (SSSR count). The Hall–Kier alpha value is -1.78. The highest BCUT2D eigenvalue weighted by Gasteiger charge is 2.13. The first kappa shape index (κ1) is 14.2. The van der Waals surface area contributed by atoms with Crippen molar-refractivity contribution in [3.63, 3.8) is 0 Å². The molecule has 1 heterocycles. The van der Waals surface area contributed by atoms with Crippen molar-refractivity contribution in [3.05, 3.63) is 63.7 Å². The number of hydrogen-bond donors (Lipinski definition) is 1. The molecule has 0 radical (unpaired) electrons. The van der Waals surface area contributed by atoms with Crippen LogP contribution in [0.1, 0.15) is 5.56 Å². The molecule has 2 N–H and O–H groups in total. The number of hydrogen-bond acceptors (Lipinski definition) is 2. The average molecular weight is 363 g/mol. The fourth-order valence-electron chi connectivity index (χ4n) is 2.22. The van der Waals surface area contributed by atoms with Gasteiger partial charge in [-0.05, 0) is 30.7 Å². The second-order valence-electron chi connectivity index (χ2n) is 4.79. The molecule has 3 aromatic rings. The van der Waals surface area contributed by atoms with Crippen molar-refractivity contribution < 1.29 is 0 Å². The van der Waals surface area contributed by atoms with Crippen LogP contribution in [0.5, 0.6) is 0 Å². The number of nitrogens with zero attached hydrogens (tertiary/aromatic N) is 2. The Kier molecular flexibility index (Phi) is 3.74. The van der Waals surface area contributed by atoms with Gasteiger partial charge in [-0.2, -0.15) is 5.10 Å². The van der Waals surface area contributed by atoms with Crippen LogP contribution in [0, 0.1) is 6.92 Å². The van der Waals surface area contributed by atoms with Gasteiger partial charge in [0.2, 0.25) is 0 Å². The van der Waals surface area contributed by atoms with Crippen molar-refractivity contribution in [1.82, 2.24) is 9.78 Å². The molecule has 0 aliphatic carbocycles. The number of aryl methyl sites for hydroxylation is 1. The van der Waals surface area contributed by atoms with E-state index in [0.717, 1.165) is 21.3 Å². The van der Waals surface area contributed by atoms with Gasteiger partial charge >= 0.3 is 0 Å². The molecule has 106 valence electrons. The largest absolute Gasteiger partial charge is 0.396 e. The molecule has 5 heteroatoms. The van der Waals surface area contributed by atoms with Crippen molar-refractivity contribution in [3.8, 4) is 16.9 Å². The van der Waals surface area contributed by atoms with Crippen molar-refractivity contribution in [1.29, 1.82) is 0 Å². The summed E-state index contributed by atoms with van der Waals surface area (Å²) in [5, 5.41) is 5.21. The van der Waals surface area contributed by atoms with Crippen molar-refractivity contribution in [2.45, 2.75) is 6.92 Å². The lowest BCUT2D eigenvalue weighted by Crippen LogP contribution is -1.97. The van der Waals surface area contributed by atoms with Crippen LogP contribution in [0.3, 0.4) is 0 Å². The second-order valence-corrected chi connectivity index (χ2v) is 6.11. The Morgan fingerprint density at radius 3 is 2.67 bits per heavy atom. The van der Waals surface area contributed by atoms with Crippen LogP contribution < -0.4 is 5.73 Å². The normalized spacial score (nSPS) is 10.8. The topological polar surface area (TPSA) is 43.8 Å². The number of benzene rings is 2. The Morgan fingerprint density at radius 1 is 1.19 bits per heavy atom. The molecule has 0 atom stereocenters. The number of aromatic nitrogens is 2. The standard InChI is InChI=1S/C16H13BrClN3/c1-10-4-2-3-5-15(10)21-9-14(19)16(20-21)12-7-6-11(17)8-13(12)18/h2-9H,19H2,1H3. The molecule has 0 bridgehead atoms. The third-order valence-corrected chi connectivity index (χ3v) is 4.10. The van der Waals surface area contributed by atoms with E-state index in [2.05, 4.69) is 21.0 Å². The number of rotatable bonds is 2. The Morgan fingerprint density at radius 2 is 1.95 bits per heavy atom. The van der Waals surface area contributed by atoms with Crippen LogP contribution in [0.25, 0.3) is 16.9 Å².